The molecule has 0 atom stereocenters. The quantitative estimate of drug-likeness (QED) is 0.782. The molecule has 0 radical (unpaired) electrons. The Morgan fingerprint density at radius 3 is 2.80 bits per heavy atom. The van der Waals surface area contributed by atoms with E-state index in [2.05, 4.69) is 29.0 Å². The van der Waals surface area contributed by atoms with Gasteiger partial charge in [0.25, 0.3) is 0 Å². The van der Waals surface area contributed by atoms with Crippen LogP contribution in [-0.2, 0) is 12.8 Å². The van der Waals surface area contributed by atoms with Crippen LogP contribution >= 0.6 is 0 Å². The molecule has 106 valence electrons. The Kier molecular flexibility index (Phi) is 3.88. The summed E-state index contributed by atoms with van der Waals surface area (Å²) in [6.45, 7) is 4.15. The molecule has 1 aliphatic carbocycles. The van der Waals surface area contributed by atoms with E-state index < -0.39 is 0 Å². The third kappa shape index (κ3) is 2.64. The summed E-state index contributed by atoms with van der Waals surface area (Å²) >= 11 is 0. The van der Waals surface area contributed by atoms with E-state index in [0.717, 1.165) is 56.8 Å². The van der Waals surface area contributed by atoms with Crippen LogP contribution in [-0.4, -0.2) is 43.1 Å². The summed E-state index contributed by atoms with van der Waals surface area (Å²) in [7, 11) is 2.16. The Balaban J connectivity index is 1.93. The molecule has 0 saturated carbocycles. The molecular formula is C16H22N4. The largest absolute Gasteiger partial charge is 0.354 e. The molecule has 1 aromatic rings. The van der Waals surface area contributed by atoms with Gasteiger partial charge in [0.2, 0.25) is 0 Å². The molecule has 1 fully saturated rings. The maximum atomic E-state index is 9.45. The highest BCUT2D eigenvalue weighted by atomic mass is 15.2. The van der Waals surface area contributed by atoms with Gasteiger partial charge in [-0.2, -0.15) is 5.26 Å². The van der Waals surface area contributed by atoms with E-state index in [1.807, 2.05) is 0 Å². The van der Waals surface area contributed by atoms with Crippen LogP contribution in [0.3, 0.4) is 0 Å². The fourth-order valence-electron chi connectivity index (χ4n) is 3.20. The molecule has 0 bridgehead atoms. The van der Waals surface area contributed by atoms with E-state index in [1.165, 1.54) is 24.1 Å². The van der Waals surface area contributed by atoms with E-state index >= 15 is 0 Å². The number of hydrogen-bond donors (Lipinski definition) is 0. The molecule has 0 aromatic carbocycles. The van der Waals surface area contributed by atoms with Gasteiger partial charge in [-0.3, -0.25) is 0 Å². The fourth-order valence-corrected chi connectivity index (χ4v) is 3.20. The minimum atomic E-state index is 0.759. The van der Waals surface area contributed by atoms with E-state index in [4.69, 9.17) is 4.98 Å². The van der Waals surface area contributed by atoms with Crippen molar-refractivity contribution in [2.24, 2.45) is 0 Å². The lowest BCUT2D eigenvalue weighted by molar-refractivity contribution is 0.360. The van der Waals surface area contributed by atoms with Crippen molar-refractivity contribution in [1.29, 1.82) is 5.26 Å². The summed E-state index contributed by atoms with van der Waals surface area (Å²) in [6, 6.07) is 4.45. The first-order valence-corrected chi connectivity index (χ1v) is 7.64. The highest BCUT2D eigenvalue weighted by molar-refractivity contribution is 5.56. The molecule has 0 unspecified atom stereocenters. The summed E-state index contributed by atoms with van der Waals surface area (Å²) in [5, 5.41) is 9.45. The Morgan fingerprint density at radius 2 is 1.95 bits per heavy atom. The fraction of sp³-hybridized carbons (Fsp3) is 0.625. The second kappa shape index (κ2) is 5.80. The third-order valence-electron chi connectivity index (χ3n) is 4.42. The average Bonchev–Trinajstić information content (AvgIpc) is 2.70. The molecule has 1 aliphatic heterocycles. The van der Waals surface area contributed by atoms with Crippen molar-refractivity contribution in [2.45, 2.75) is 32.1 Å². The lowest BCUT2D eigenvalue weighted by Crippen LogP contribution is -2.30. The molecule has 0 N–H and O–H groups in total. The predicted molar refractivity (Wildman–Crippen MR) is 79.9 cm³/mol. The van der Waals surface area contributed by atoms with Gasteiger partial charge in [-0.05, 0) is 57.3 Å². The van der Waals surface area contributed by atoms with Crippen LogP contribution in [0, 0.1) is 11.3 Å². The van der Waals surface area contributed by atoms with Crippen LogP contribution in [0.2, 0.25) is 0 Å². The zero-order valence-electron chi connectivity index (χ0n) is 12.2. The van der Waals surface area contributed by atoms with Gasteiger partial charge in [-0.1, -0.05) is 0 Å². The monoisotopic (exact) mass is 270 g/mol. The molecule has 0 amide bonds. The van der Waals surface area contributed by atoms with E-state index in [9.17, 15) is 5.26 Å². The first kappa shape index (κ1) is 13.4. The van der Waals surface area contributed by atoms with Gasteiger partial charge in [0.1, 0.15) is 11.9 Å². The van der Waals surface area contributed by atoms with Crippen LogP contribution in [0.1, 0.15) is 36.1 Å². The number of likely N-dealkylation sites (N-methyl/N-ethyl adjacent to an activating group) is 1. The minimum Gasteiger partial charge on any atom is -0.354 e. The van der Waals surface area contributed by atoms with Crippen molar-refractivity contribution >= 4 is 5.82 Å². The van der Waals surface area contributed by atoms with Crippen molar-refractivity contribution in [3.63, 3.8) is 0 Å². The van der Waals surface area contributed by atoms with Crippen LogP contribution in [0.25, 0.3) is 0 Å². The number of rotatable bonds is 1. The van der Waals surface area contributed by atoms with Crippen LogP contribution in [0.4, 0.5) is 5.82 Å². The van der Waals surface area contributed by atoms with Gasteiger partial charge in [0.05, 0.1) is 5.56 Å². The van der Waals surface area contributed by atoms with Gasteiger partial charge >= 0.3 is 0 Å². The molecule has 1 aromatic heterocycles. The molecule has 0 spiro atoms. The number of nitrogens with zero attached hydrogens (tertiary/aromatic N) is 4. The molecular weight excluding hydrogens is 248 g/mol. The van der Waals surface area contributed by atoms with E-state index in [1.54, 1.807) is 0 Å². The SMILES string of the molecule is CN1CCCN(c2nc3c(cc2C#N)CCCC3)CC1. The molecule has 4 heteroatoms. The molecule has 20 heavy (non-hydrogen) atoms. The number of nitriles is 1. The van der Waals surface area contributed by atoms with Gasteiger partial charge in [0.15, 0.2) is 0 Å². The Labute approximate surface area is 121 Å². The van der Waals surface area contributed by atoms with Crippen molar-refractivity contribution in [3.05, 3.63) is 22.9 Å². The van der Waals surface area contributed by atoms with Crippen LogP contribution in [0.15, 0.2) is 6.07 Å². The maximum absolute atomic E-state index is 9.45. The third-order valence-corrected chi connectivity index (χ3v) is 4.42. The first-order chi connectivity index (χ1) is 9.78. The molecule has 3 rings (SSSR count). The summed E-state index contributed by atoms with van der Waals surface area (Å²) in [5.74, 6) is 0.920. The molecule has 2 heterocycles. The topological polar surface area (TPSA) is 43.2 Å². The van der Waals surface area contributed by atoms with Crippen molar-refractivity contribution < 1.29 is 0 Å². The second-order valence-electron chi connectivity index (χ2n) is 5.93. The Bertz CT molecular complexity index is 532. The normalized spacial score (nSPS) is 20.1. The number of aromatic nitrogens is 1. The minimum absolute atomic E-state index is 0.759. The maximum Gasteiger partial charge on any atom is 0.146 e. The highest BCUT2D eigenvalue weighted by Gasteiger charge is 2.20. The highest BCUT2D eigenvalue weighted by Crippen LogP contribution is 2.27. The van der Waals surface area contributed by atoms with Crippen molar-refractivity contribution in [2.75, 3.05) is 38.1 Å². The molecule has 2 aliphatic rings. The summed E-state index contributed by atoms with van der Waals surface area (Å²) in [5.41, 5.74) is 3.28. The summed E-state index contributed by atoms with van der Waals surface area (Å²) in [4.78, 5) is 9.51. The van der Waals surface area contributed by atoms with Crippen LogP contribution in [0.5, 0.6) is 0 Å². The lowest BCUT2D eigenvalue weighted by Gasteiger charge is -2.25. The number of fused-ring (bicyclic) bond motifs is 1. The lowest BCUT2D eigenvalue weighted by atomic mass is 9.95. The number of aryl methyl sites for hydroxylation is 2. The molecule has 1 saturated heterocycles. The van der Waals surface area contributed by atoms with Gasteiger partial charge in [0, 0.05) is 25.3 Å². The van der Waals surface area contributed by atoms with Gasteiger partial charge < -0.3 is 9.80 Å². The first-order valence-electron chi connectivity index (χ1n) is 7.64. The zero-order chi connectivity index (χ0) is 13.9. The molecule has 4 nitrogen and oxygen atoms in total. The number of anilines is 1. The van der Waals surface area contributed by atoms with Crippen molar-refractivity contribution in [3.8, 4) is 6.07 Å². The zero-order valence-corrected chi connectivity index (χ0v) is 12.2. The number of pyridine rings is 1. The van der Waals surface area contributed by atoms with Crippen LogP contribution < -0.4 is 4.90 Å². The summed E-state index contributed by atoms with van der Waals surface area (Å²) < 4.78 is 0. The summed E-state index contributed by atoms with van der Waals surface area (Å²) in [6.07, 6.45) is 5.75. The predicted octanol–water partition coefficient (Wildman–Crippen LogP) is 1.97. The van der Waals surface area contributed by atoms with Gasteiger partial charge in [-0.15, -0.1) is 0 Å². The average molecular weight is 270 g/mol. The van der Waals surface area contributed by atoms with Crippen molar-refractivity contribution in [1.82, 2.24) is 9.88 Å². The standard InChI is InChI=1S/C16H22N4/c1-19-7-4-8-20(10-9-19)16-14(12-17)11-13-5-2-3-6-15(13)18-16/h11H,2-10H2,1H3. The number of hydrogen-bond acceptors (Lipinski definition) is 4. The Morgan fingerprint density at radius 1 is 1.10 bits per heavy atom. The Hall–Kier alpha value is -1.60. The smallest absolute Gasteiger partial charge is 0.146 e. The second-order valence-corrected chi connectivity index (χ2v) is 5.93. The van der Waals surface area contributed by atoms with E-state index in [0.29, 0.717) is 0 Å². The van der Waals surface area contributed by atoms with Gasteiger partial charge in [-0.25, -0.2) is 4.98 Å². The van der Waals surface area contributed by atoms with E-state index in [-0.39, 0.29) is 0 Å².